The van der Waals surface area contributed by atoms with Gasteiger partial charge < -0.3 is 10.6 Å². The van der Waals surface area contributed by atoms with Crippen molar-refractivity contribution in [3.05, 3.63) is 35.6 Å². The van der Waals surface area contributed by atoms with Crippen molar-refractivity contribution < 1.29 is 4.39 Å². The first kappa shape index (κ1) is 11.9. The first-order valence-corrected chi connectivity index (χ1v) is 5.87. The number of aliphatic imine (C=N–C) groups is 1. The van der Waals surface area contributed by atoms with Gasteiger partial charge in [0.2, 0.25) is 0 Å². The lowest BCUT2D eigenvalue weighted by atomic mass is 9.92. The normalized spacial score (nSPS) is 23.9. The Hall–Kier alpha value is -1.58. The van der Waals surface area contributed by atoms with Crippen LogP contribution in [0.1, 0.15) is 19.4 Å². The van der Waals surface area contributed by atoms with Gasteiger partial charge in [0.25, 0.3) is 0 Å². The van der Waals surface area contributed by atoms with Crippen LogP contribution >= 0.6 is 0 Å². The summed E-state index contributed by atoms with van der Waals surface area (Å²) in [6, 6.07) is 6.63. The lowest BCUT2D eigenvalue weighted by Crippen LogP contribution is -2.50. The molecule has 1 aliphatic rings. The maximum absolute atomic E-state index is 12.8. The smallest absolute Gasteiger partial charge is 0.191 e. The Labute approximate surface area is 101 Å². The molecule has 1 heterocycles. The number of halogens is 1. The summed E-state index contributed by atoms with van der Waals surface area (Å²) in [4.78, 5) is 6.41. The molecule has 2 N–H and O–H groups in total. The Kier molecular flexibility index (Phi) is 3.05. The zero-order valence-electron chi connectivity index (χ0n) is 10.3. The van der Waals surface area contributed by atoms with Crippen LogP contribution in [-0.2, 0) is 6.42 Å². The van der Waals surface area contributed by atoms with Gasteiger partial charge in [-0.3, -0.25) is 4.99 Å². The average Bonchev–Trinajstić information content (AvgIpc) is 2.58. The van der Waals surface area contributed by atoms with Gasteiger partial charge in [-0.05, 0) is 38.0 Å². The molecule has 0 bridgehead atoms. The van der Waals surface area contributed by atoms with Crippen molar-refractivity contribution in [2.45, 2.75) is 25.8 Å². The highest BCUT2D eigenvalue weighted by Crippen LogP contribution is 2.25. The molecule has 1 atom stereocenters. The number of hydrogen-bond donors (Lipinski definition) is 1. The second kappa shape index (κ2) is 4.35. The van der Waals surface area contributed by atoms with Gasteiger partial charge in [-0.2, -0.15) is 0 Å². The number of nitrogens with zero attached hydrogens (tertiary/aromatic N) is 2. The lowest BCUT2D eigenvalue weighted by molar-refractivity contribution is 0.230. The van der Waals surface area contributed by atoms with E-state index in [1.165, 1.54) is 12.1 Å². The number of guanidine groups is 1. The summed E-state index contributed by atoms with van der Waals surface area (Å²) in [6.45, 7) is 5.75. The Morgan fingerprint density at radius 2 is 2.06 bits per heavy atom. The SMILES string of the molecule is CCN1C(N)=NCC1(C)Cc1ccc(F)cc1. The quantitative estimate of drug-likeness (QED) is 0.867. The van der Waals surface area contributed by atoms with Crippen molar-refractivity contribution in [1.29, 1.82) is 0 Å². The minimum atomic E-state index is -0.201. The highest BCUT2D eigenvalue weighted by atomic mass is 19.1. The molecule has 92 valence electrons. The van der Waals surface area contributed by atoms with Gasteiger partial charge in [-0.1, -0.05) is 12.1 Å². The zero-order valence-corrected chi connectivity index (χ0v) is 10.3. The van der Waals surface area contributed by atoms with Crippen molar-refractivity contribution in [3.8, 4) is 0 Å². The van der Waals surface area contributed by atoms with Gasteiger partial charge in [0, 0.05) is 6.54 Å². The number of benzene rings is 1. The monoisotopic (exact) mass is 235 g/mol. The third-order valence-electron chi connectivity index (χ3n) is 3.32. The van der Waals surface area contributed by atoms with Crippen molar-refractivity contribution >= 4 is 5.96 Å². The molecule has 0 fully saturated rings. The van der Waals surface area contributed by atoms with Crippen LogP contribution in [-0.4, -0.2) is 29.5 Å². The third-order valence-corrected chi connectivity index (χ3v) is 3.32. The van der Waals surface area contributed by atoms with E-state index in [2.05, 4.69) is 23.7 Å². The van der Waals surface area contributed by atoms with E-state index in [0.717, 1.165) is 18.5 Å². The van der Waals surface area contributed by atoms with Gasteiger partial charge in [0.1, 0.15) is 5.82 Å². The Morgan fingerprint density at radius 3 is 2.65 bits per heavy atom. The van der Waals surface area contributed by atoms with Gasteiger partial charge in [0.05, 0.1) is 12.1 Å². The fraction of sp³-hybridized carbons (Fsp3) is 0.462. The molecular formula is C13H18FN3. The number of rotatable bonds is 3. The Morgan fingerprint density at radius 1 is 1.41 bits per heavy atom. The molecule has 1 aliphatic heterocycles. The topological polar surface area (TPSA) is 41.6 Å². The van der Waals surface area contributed by atoms with E-state index in [1.807, 2.05) is 12.1 Å². The first-order chi connectivity index (χ1) is 8.05. The van der Waals surface area contributed by atoms with E-state index >= 15 is 0 Å². The molecule has 0 saturated carbocycles. The van der Waals surface area contributed by atoms with Gasteiger partial charge >= 0.3 is 0 Å². The summed E-state index contributed by atoms with van der Waals surface area (Å²) in [5.41, 5.74) is 6.88. The second-order valence-electron chi connectivity index (χ2n) is 4.72. The molecule has 0 saturated heterocycles. The molecule has 1 aromatic rings. The Balaban J connectivity index is 2.15. The molecule has 17 heavy (non-hydrogen) atoms. The number of hydrogen-bond acceptors (Lipinski definition) is 3. The molecule has 2 rings (SSSR count). The minimum Gasteiger partial charge on any atom is -0.370 e. The molecular weight excluding hydrogens is 217 g/mol. The van der Waals surface area contributed by atoms with Crippen molar-refractivity contribution in [1.82, 2.24) is 4.90 Å². The molecule has 1 unspecified atom stereocenters. The fourth-order valence-corrected chi connectivity index (χ4v) is 2.44. The summed E-state index contributed by atoms with van der Waals surface area (Å²) in [5, 5.41) is 0. The molecule has 1 aromatic carbocycles. The van der Waals surface area contributed by atoms with Crippen LogP contribution in [0.2, 0.25) is 0 Å². The van der Waals surface area contributed by atoms with Crippen LogP contribution in [0.15, 0.2) is 29.3 Å². The fourth-order valence-electron chi connectivity index (χ4n) is 2.44. The predicted molar refractivity (Wildman–Crippen MR) is 67.4 cm³/mol. The summed E-state index contributed by atoms with van der Waals surface area (Å²) >= 11 is 0. The van der Waals surface area contributed by atoms with Crippen LogP contribution in [0, 0.1) is 5.82 Å². The van der Waals surface area contributed by atoms with E-state index in [0.29, 0.717) is 12.5 Å². The number of nitrogens with two attached hydrogens (primary N) is 1. The van der Waals surface area contributed by atoms with E-state index in [4.69, 9.17) is 5.73 Å². The van der Waals surface area contributed by atoms with Crippen LogP contribution in [0.4, 0.5) is 4.39 Å². The first-order valence-electron chi connectivity index (χ1n) is 5.87. The summed E-state index contributed by atoms with van der Waals surface area (Å²) in [5.74, 6) is 0.408. The van der Waals surface area contributed by atoms with E-state index in [9.17, 15) is 4.39 Å². The van der Waals surface area contributed by atoms with E-state index in [-0.39, 0.29) is 11.4 Å². The maximum Gasteiger partial charge on any atom is 0.191 e. The van der Waals surface area contributed by atoms with E-state index in [1.54, 1.807) is 0 Å². The molecule has 0 amide bonds. The maximum atomic E-state index is 12.8. The van der Waals surface area contributed by atoms with Crippen LogP contribution in [0.3, 0.4) is 0 Å². The lowest BCUT2D eigenvalue weighted by Gasteiger charge is -2.35. The van der Waals surface area contributed by atoms with Crippen LogP contribution in [0.5, 0.6) is 0 Å². The summed E-state index contributed by atoms with van der Waals surface area (Å²) in [6.07, 6.45) is 0.825. The third kappa shape index (κ3) is 2.25. The van der Waals surface area contributed by atoms with Gasteiger partial charge in [-0.25, -0.2) is 4.39 Å². The summed E-state index contributed by atoms with van der Waals surface area (Å²) in [7, 11) is 0. The van der Waals surface area contributed by atoms with Crippen LogP contribution in [0.25, 0.3) is 0 Å². The van der Waals surface area contributed by atoms with Gasteiger partial charge in [-0.15, -0.1) is 0 Å². The van der Waals surface area contributed by atoms with Crippen molar-refractivity contribution in [3.63, 3.8) is 0 Å². The highest BCUT2D eigenvalue weighted by Gasteiger charge is 2.36. The largest absolute Gasteiger partial charge is 0.370 e. The number of likely N-dealkylation sites (N-methyl/N-ethyl adjacent to an activating group) is 1. The average molecular weight is 235 g/mol. The highest BCUT2D eigenvalue weighted by molar-refractivity contribution is 5.81. The standard InChI is InChI=1S/C13H18FN3/c1-3-17-12(15)16-9-13(17,2)8-10-4-6-11(14)7-5-10/h4-7H,3,8-9H2,1-2H3,(H2,15,16). The molecule has 0 spiro atoms. The summed E-state index contributed by atoms with van der Waals surface area (Å²) < 4.78 is 12.8. The second-order valence-corrected chi connectivity index (χ2v) is 4.72. The molecule has 4 heteroatoms. The minimum absolute atomic E-state index is 0.0866. The van der Waals surface area contributed by atoms with Crippen LogP contribution < -0.4 is 5.73 Å². The molecule has 0 aliphatic carbocycles. The van der Waals surface area contributed by atoms with Crippen molar-refractivity contribution in [2.24, 2.45) is 10.7 Å². The molecule has 3 nitrogen and oxygen atoms in total. The van der Waals surface area contributed by atoms with E-state index < -0.39 is 0 Å². The molecule has 0 radical (unpaired) electrons. The Bertz CT molecular complexity index is 427. The molecule has 0 aromatic heterocycles. The zero-order chi connectivity index (χ0) is 12.5. The predicted octanol–water partition coefficient (Wildman–Crippen LogP) is 1.78. The van der Waals surface area contributed by atoms with Gasteiger partial charge in [0.15, 0.2) is 5.96 Å². The van der Waals surface area contributed by atoms with Crippen molar-refractivity contribution in [2.75, 3.05) is 13.1 Å².